The second kappa shape index (κ2) is 10.0. The number of rotatable bonds is 7. The van der Waals surface area contributed by atoms with Gasteiger partial charge in [-0.1, -0.05) is 55.5 Å². The Morgan fingerprint density at radius 2 is 1.82 bits per heavy atom. The highest BCUT2D eigenvalue weighted by molar-refractivity contribution is 5.89. The van der Waals surface area contributed by atoms with Gasteiger partial charge in [0.2, 0.25) is 17.8 Å². The van der Waals surface area contributed by atoms with E-state index in [-0.39, 0.29) is 24.9 Å². The smallest absolute Gasteiger partial charge is 0.326 e. The molecule has 0 spiro atoms. The Labute approximate surface area is 229 Å². The van der Waals surface area contributed by atoms with E-state index < -0.39 is 41.7 Å². The first-order valence-corrected chi connectivity index (χ1v) is 13.4. The number of aromatic nitrogens is 3. The van der Waals surface area contributed by atoms with Crippen LogP contribution in [0.5, 0.6) is 0 Å². The van der Waals surface area contributed by atoms with Gasteiger partial charge in [0, 0.05) is 12.0 Å². The quantitative estimate of drug-likeness (QED) is 0.346. The number of hydrogen-bond donors (Lipinski definition) is 2. The predicted octanol–water partition coefficient (Wildman–Crippen LogP) is 3.76. The SMILES string of the molecule is CC1(c2ccc([C@@H](NC(=O)[C@@H]3C[C@@H](F)CN3C(=O)Cn3c(=O)[nH]c4ccccc43)c3ccccc3)nc2F)CC1. The van der Waals surface area contributed by atoms with Crippen molar-refractivity contribution in [2.75, 3.05) is 6.54 Å². The lowest BCUT2D eigenvalue weighted by Crippen LogP contribution is -2.48. The highest BCUT2D eigenvalue weighted by Crippen LogP contribution is 2.48. The molecule has 1 saturated heterocycles. The van der Waals surface area contributed by atoms with E-state index >= 15 is 4.39 Å². The maximum atomic E-state index is 15.1. The molecule has 2 aliphatic rings. The fourth-order valence-corrected chi connectivity index (χ4v) is 5.53. The molecular formula is C30H29F2N5O3. The Morgan fingerprint density at radius 3 is 2.55 bits per heavy atom. The van der Waals surface area contributed by atoms with E-state index in [0.717, 1.165) is 12.8 Å². The molecule has 2 aromatic heterocycles. The zero-order valence-electron chi connectivity index (χ0n) is 21.9. The number of imidazole rings is 1. The van der Waals surface area contributed by atoms with Crippen LogP contribution in [-0.2, 0) is 21.5 Å². The number of nitrogens with zero attached hydrogens (tertiary/aromatic N) is 3. The van der Waals surface area contributed by atoms with Crippen LogP contribution in [-0.4, -0.2) is 50.0 Å². The minimum absolute atomic E-state index is 0.180. The van der Waals surface area contributed by atoms with Gasteiger partial charge >= 0.3 is 5.69 Å². The van der Waals surface area contributed by atoms with E-state index in [2.05, 4.69) is 15.3 Å². The van der Waals surface area contributed by atoms with Gasteiger partial charge in [-0.25, -0.2) is 14.2 Å². The van der Waals surface area contributed by atoms with E-state index in [4.69, 9.17) is 0 Å². The molecule has 8 nitrogen and oxygen atoms in total. The van der Waals surface area contributed by atoms with Gasteiger partial charge in [-0.3, -0.25) is 14.2 Å². The maximum Gasteiger partial charge on any atom is 0.326 e. The van der Waals surface area contributed by atoms with Crippen LogP contribution < -0.4 is 11.0 Å². The topological polar surface area (TPSA) is 100 Å². The lowest BCUT2D eigenvalue weighted by molar-refractivity contribution is -0.139. The Bertz CT molecular complexity index is 1650. The number of carbonyl (C=O) groups is 2. The van der Waals surface area contributed by atoms with Gasteiger partial charge < -0.3 is 15.2 Å². The number of carbonyl (C=O) groups excluding carboxylic acids is 2. The summed E-state index contributed by atoms with van der Waals surface area (Å²) in [6, 6.07) is 17.5. The molecule has 0 bridgehead atoms. The van der Waals surface area contributed by atoms with Gasteiger partial charge in [0.15, 0.2) is 0 Å². The fraction of sp³-hybridized carbons (Fsp3) is 0.333. The molecule has 206 valence electrons. The number of likely N-dealkylation sites (tertiary alicyclic amines) is 1. The molecule has 1 saturated carbocycles. The molecule has 0 radical (unpaired) electrons. The van der Waals surface area contributed by atoms with Crippen molar-refractivity contribution >= 4 is 22.8 Å². The molecule has 2 amide bonds. The first-order valence-electron chi connectivity index (χ1n) is 13.4. The minimum atomic E-state index is -1.40. The van der Waals surface area contributed by atoms with Gasteiger partial charge in [-0.15, -0.1) is 0 Å². The average Bonchev–Trinajstić information content (AvgIpc) is 3.44. The molecular weight excluding hydrogens is 516 g/mol. The second-order valence-corrected chi connectivity index (χ2v) is 10.9. The molecule has 40 heavy (non-hydrogen) atoms. The Hall–Kier alpha value is -4.34. The number of amides is 2. The monoisotopic (exact) mass is 545 g/mol. The van der Waals surface area contributed by atoms with Crippen molar-refractivity contribution in [3.8, 4) is 0 Å². The maximum absolute atomic E-state index is 15.1. The summed E-state index contributed by atoms with van der Waals surface area (Å²) in [5, 5.41) is 2.89. The number of H-pyrrole nitrogens is 1. The Balaban J connectivity index is 1.26. The van der Waals surface area contributed by atoms with Crippen molar-refractivity contribution in [2.24, 2.45) is 0 Å². The highest BCUT2D eigenvalue weighted by Gasteiger charge is 2.43. The molecule has 0 unspecified atom stereocenters. The summed E-state index contributed by atoms with van der Waals surface area (Å²) in [4.78, 5) is 47.5. The number of pyridine rings is 1. The highest BCUT2D eigenvalue weighted by atomic mass is 19.1. The number of halogens is 2. The standard InChI is InChI=1S/C30H29F2N5O3/c1-30(13-14-30)20-11-12-22(33-27(20)32)26(18-7-3-2-4-8-18)35-28(39)24-15-19(31)16-36(24)25(38)17-37-23-10-6-5-9-21(23)34-29(37)40/h2-12,19,24,26H,13-17H2,1H3,(H,34,40)(H,35,39)/t19-,24+,26+/m1/s1. The van der Waals surface area contributed by atoms with Gasteiger partial charge in [0.1, 0.15) is 18.8 Å². The molecule has 10 heteroatoms. The van der Waals surface area contributed by atoms with E-state index in [1.54, 1.807) is 60.7 Å². The normalized spacial score (nSPS) is 20.4. The largest absolute Gasteiger partial charge is 0.342 e. The van der Waals surface area contributed by atoms with Crippen LogP contribution in [0.1, 0.15) is 49.0 Å². The van der Waals surface area contributed by atoms with Crippen LogP contribution in [0, 0.1) is 5.95 Å². The number of alkyl halides is 1. The summed E-state index contributed by atoms with van der Waals surface area (Å²) in [5.41, 5.74) is 1.97. The molecule has 2 aromatic carbocycles. The van der Waals surface area contributed by atoms with Crippen LogP contribution in [0.4, 0.5) is 8.78 Å². The first kappa shape index (κ1) is 25.9. The van der Waals surface area contributed by atoms with E-state index in [1.165, 1.54) is 9.47 Å². The van der Waals surface area contributed by atoms with Crippen LogP contribution >= 0.6 is 0 Å². The van der Waals surface area contributed by atoms with E-state index in [1.807, 2.05) is 13.0 Å². The number of para-hydroxylation sites is 2. The summed E-state index contributed by atoms with van der Waals surface area (Å²) >= 11 is 0. The van der Waals surface area contributed by atoms with E-state index in [9.17, 15) is 18.8 Å². The van der Waals surface area contributed by atoms with Crippen molar-refractivity contribution in [3.05, 3.63) is 100.0 Å². The first-order chi connectivity index (χ1) is 19.2. The van der Waals surface area contributed by atoms with Gasteiger partial charge in [-0.05, 0) is 42.0 Å². The van der Waals surface area contributed by atoms with Gasteiger partial charge in [0.25, 0.3) is 0 Å². The number of aromatic amines is 1. The zero-order chi connectivity index (χ0) is 28.0. The third-order valence-corrected chi connectivity index (χ3v) is 8.08. The predicted molar refractivity (Wildman–Crippen MR) is 145 cm³/mol. The third kappa shape index (κ3) is 4.78. The summed E-state index contributed by atoms with van der Waals surface area (Å²) in [6.45, 7) is 1.39. The second-order valence-electron chi connectivity index (χ2n) is 10.9. The van der Waals surface area contributed by atoms with Crippen molar-refractivity contribution in [1.82, 2.24) is 24.8 Å². The molecule has 3 heterocycles. The van der Waals surface area contributed by atoms with Crippen LogP contribution in [0.2, 0.25) is 0 Å². The van der Waals surface area contributed by atoms with Crippen molar-refractivity contribution < 1.29 is 18.4 Å². The fourth-order valence-electron chi connectivity index (χ4n) is 5.53. The number of hydrogen-bond acceptors (Lipinski definition) is 4. The molecule has 3 atom stereocenters. The summed E-state index contributed by atoms with van der Waals surface area (Å²) in [7, 11) is 0. The molecule has 2 fully saturated rings. The van der Waals surface area contributed by atoms with Crippen molar-refractivity contribution in [3.63, 3.8) is 0 Å². The lowest BCUT2D eigenvalue weighted by atomic mass is 9.97. The molecule has 1 aliphatic carbocycles. The number of benzene rings is 2. The van der Waals surface area contributed by atoms with Crippen molar-refractivity contribution in [1.29, 1.82) is 0 Å². The summed E-state index contributed by atoms with van der Waals surface area (Å²) in [5.74, 6) is -1.69. The van der Waals surface area contributed by atoms with Crippen LogP contribution in [0.3, 0.4) is 0 Å². The van der Waals surface area contributed by atoms with Gasteiger partial charge in [0.05, 0.1) is 29.3 Å². The molecule has 4 aromatic rings. The molecule has 6 rings (SSSR count). The molecule has 2 N–H and O–H groups in total. The van der Waals surface area contributed by atoms with Gasteiger partial charge in [-0.2, -0.15) is 4.39 Å². The molecule has 1 aliphatic heterocycles. The minimum Gasteiger partial charge on any atom is -0.342 e. The lowest BCUT2D eigenvalue weighted by Gasteiger charge is -2.27. The summed E-state index contributed by atoms with van der Waals surface area (Å²) in [6.07, 6.45) is 0.208. The average molecular weight is 546 g/mol. The van der Waals surface area contributed by atoms with Crippen LogP contribution in [0.25, 0.3) is 11.0 Å². The zero-order valence-corrected chi connectivity index (χ0v) is 21.9. The Kier molecular flexibility index (Phi) is 6.48. The number of fused-ring (bicyclic) bond motifs is 1. The Morgan fingerprint density at radius 1 is 1.10 bits per heavy atom. The number of nitrogens with one attached hydrogen (secondary N) is 2. The van der Waals surface area contributed by atoms with Crippen molar-refractivity contribution in [2.45, 2.75) is 56.4 Å². The summed E-state index contributed by atoms with van der Waals surface area (Å²) < 4.78 is 31.0. The third-order valence-electron chi connectivity index (χ3n) is 8.08. The van der Waals surface area contributed by atoms with E-state index in [0.29, 0.717) is 27.9 Å². The van der Waals surface area contributed by atoms with Crippen LogP contribution in [0.15, 0.2) is 71.5 Å².